The van der Waals surface area contributed by atoms with E-state index in [1.165, 1.54) is 35.7 Å². The van der Waals surface area contributed by atoms with E-state index in [-0.39, 0.29) is 35.8 Å². The Hall–Kier alpha value is -2.95. The number of para-hydroxylation sites is 2. The zero-order valence-corrected chi connectivity index (χ0v) is 18.9. The number of amides is 1. The van der Waals surface area contributed by atoms with E-state index in [0.717, 1.165) is 0 Å². The molecule has 1 aliphatic heterocycles. The van der Waals surface area contributed by atoms with Crippen LogP contribution in [-0.4, -0.2) is 63.6 Å². The van der Waals surface area contributed by atoms with Gasteiger partial charge in [-0.25, -0.2) is 13.2 Å². The predicted molar refractivity (Wildman–Crippen MR) is 117 cm³/mol. The Morgan fingerprint density at radius 3 is 2.31 bits per heavy atom. The van der Waals surface area contributed by atoms with Gasteiger partial charge in [0.15, 0.2) is 6.61 Å². The Morgan fingerprint density at radius 1 is 1.06 bits per heavy atom. The second-order valence-corrected chi connectivity index (χ2v) is 9.37. The molecule has 0 aliphatic carbocycles. The lowest BCUT2D eigenvalue weighted by Gasteiger charge is -2.34. The summed E-state index contributed by atoms with van der Waals surface area (Å²) in [5, 5.41) is 2.60. The lowest BCUT2D eigenvalue weighted by molar-refractivity contribution is -0.119. The smallest absolute Gasteiger partial charge is 0.338 e. The molecular formula is C22H26N2O7S. The van der Waals surface area contributed by atoms with Crippen molar-refractivity contribution in [3.05, 3.63) is 54.1 Å². The molecule has 0 radical (unpaired) electrons. The van der Waals surface area contributed by atoms with Crippen LogP contribution in [0.5, 0.6) is 5.75 Å². The van der Waals surface area contributed by atoms with Crippen LogP contribution in [0.1, 0.15) is 24.2 Å². The topological polar surface area (TPSA) is 111 Å². The molecule has 1 saturated heterocycles. The summed E-state index contributed by atoms with van der Waals surface area (Å²) in [6.45, 7) is 3.67. The highest BCUT2D eigenvalue weighted by atomic mass is 32.2. The minimum Gasteiger partial charge on any atom is -0.495 e. The van der Waals surface area contributed by atoms with E-state index < -0.39 is 28.5 Å². The van der Waals surface area contributed by atoms with Crippen molar-refractivity contribution >= 4 is 27.6 Å². The van der Waals surface area contributed by atoms with Gasteiger partial charge in [0.1, 0.15) is 5.75 Å². The Bertz CT molecular complexity index is 1060. The molecule has 0 bridgehead atoms. The van der Waals surface area contributed by atoms with Gasteiger partial charge in [-0.2, -0.15) is 4.31 Å². The SMILES string of the molecule is COc1ccccc1NC(=O)COC(=O)c1ccc(S(=O)(=O)N2CC(C)OC(C)C2)cc1. The third-order valence-corrected chi connectivity index (χ3v) is 6.68. The van der Waals surface area contributed by atoms with Gasteiger partial charge in [0.05, 0.1) is 35.5 Å². The second-order valence-electron chi connectivity index (χ2n) is 7.43. The van der Waals surface area contributed by atoms with Crippen molar-refractivity contribution in [1.29, 1.82) is 0 Å². The van der Waals surface area contributed by atoms with Gasteiger partial charge in [-0.1, -0.05) is 12.1 Å². The monoisotopic (exact) mass is 462 g/mol. The molecule has 10 heteroatoms. The zero-order chi connectivity index (χ0) is 23.3. The first-order valence-electron chi connectivity index (χ1n) is 10.1. The van der Waals surface area contributed by atoms with Crippen LogP contribution in [0.15, 0.2) is 53.4 Å². The summed E-state index contributed by atoms with van der Waals surface area (Å²) in [5.74, 6) is -0.789. The highest BCUT2D eigenvalue weighted by molar-refractivity contribution is 7.89. The molecule has 1 aliphatic rings. The first-order chi connectivity index (χ1) is 15.2. The summed E-state index contributed by atoms with van der Waals surface area (Å²) >= 11 is 0. The summed E-state index contributed by atoms with van der Waals surface area (Å²) in [7, 11) is -2.23. The maximum Gasteiger partial charge on any atom is 0.338 e. The van der Waals surface area contributed by atoms with E-state index >= 15 is 0 Å². The molecule has 1 N–H and O–H groups in total. The largest absolute Gasteiger partial charge is 0.495 e. The molecule has 0 aromatic heterocycles. The van der Waals surface area contributed by atoms with Gasteiger partial charge in [-0.3, -0.25) is 4.79 Å². The molecule has 32 heavy (non-hydrogen) atoms. The number of anilines is 1. The minimum atomic E-state index is -3.71. The number of nitrogens with one attached hydrogen (secondary N) is 1. The molecule has 2 unspecified atom stereocenters. The lowest BCUT2D eigenvalue weighted by atomic mass is 10.2. The van der Waals surface area contributed by atoms with Crippen molar-refractivity contribution in [1.82, 2.24) is 4.31 Å². The summed E-state index contributed by atoms with van der Waals surface area (Å²) in [5.41, 5.74) is 0.593. The van der Waals surface area contributed by atoms with Crippen LogP contribution < -0.4 is 10.1 Å². The second kappa shape index (κ2) is 10.1. The van der Waals surface area contributed by atoms with Crippen LogP contribution in [0.4, 0.5) is 5.69 Å². The van der Waals surface area contributed by atoms with Crippen molar-refractivity contribution < 1.29 is 32.2 Å². The molecule has 1 amide bonds. The number of esters is 1. The van der Waals surface area contributed by atoms with E-state index in [2.05, 4.69) is 5.32 Å². The number of nitrogens with zero attached hydrogens (tertiary/aromatic N) is 1. The molecule has 2 aromatic carbocycles. The average Bonchev–Trinajstić information content (AvgIpc) is 2.77. The van der Waals surface area contributed by atoms with Gasteiger partial charge >= 0.3 is 5.97 Å². The highest BCUT2D eigenvalue weighted by Gasteiger charge is 2.32. The molecule has 2 aromatic rings. The van der Waals surface area contributed by atoms with Crippen molar-refractivity contribution in [2.45, 2.75) is 31.0 Å². The van der Waals surface area contributed by atoms with Crippen LogP contribution in [0, 0.1) is 0 Å². The molecule has 2 atom stereocenters. The van der Waals surface area contributed by atoms with Gasteiger partial charge in [0.2, 0.25) is 10.0 Å². The normalized spacial score (nSPS) is 19.2. The first kappa shape index (κ1) is 23.7. The van der Waals surface area contributed by atoms with E-state index in [0.29, 0.717) is 11.4 Å². The number of methoxy groups -OCH3 is 1. The first-order valence-corrected chi connectivity index (χ1v) is 11.5. The van der Waals surface area contributed by atoms with E-state index in [1.54, 1.807) is 24.3 Å². The minimum absolute atomic E-state index is 0.0734. The molecule has 1 heterocycles. The van der Waals surface area contributed by atoms with Gasteiger partial charge in [-0.05, 0) is 50.2 Å². The molecule has 0 saturated carbocycles. The highest BCUT2D eigenvalue weighted by Crippen LogP contribution is 2.23. The predicted octanol–water partition coefficient (Wildman–Crippen LogP) is 2.29. The van der Waals surface area contributed by atoms with Crippen LogP contribution in [-0.2, 0) is 24.3 Å². The zero-order valence-electron chi connectivity index (χ0n) is 18.1. The Morgan fingerprint density at radius 2 is 1.69 bits per heavy atom. The molecule has 3 rings (SSSR count). The fourth-order valence-corrected chi connectivity index (χ4v) is 4.98. The summed E-state index contributed by atoms with van der Waals surface area (Å²) in [6, 6.07) is 12.3. The molecule has 172 valence electrons. The maximum atomic E-state index is 12.9. The fourth-order valence-electron chi connectivity index (χ4n) is 3.39. The average molecular weight is 463 g/mol. The standard InChI is InChI=1S/C22H26N2O7S/c1-15-12-24(13-16(2)31-15)32(27,28)18-10-8-17(9-11-18)22(26)30-14-21(25)23-19-6-4-5-7-20(19)29-3/h4-11,15-16H,12-14H2,1-3H3,(H,23,25). The number of hydrogen-bond donors (Lipinski definition) is 1. The van der Waals surface area contributed by atoms with Crippen molar-refractivity contribution in [2.75, 3.05) is 32.1 Å². The quantitative estimate of drug-likeness (QED) is 0.629. The molecule has 9 nitrogen and oxygen atoms in total. The van der Waals surface area contributed by atoms with Crippen LogP contribution in [0.2, 0.25) is 0 Å². The number of sulfonamides is 1. The third kappa shape index (κ3) is 5.64. The number of carbonyl (C=O) groups is 2. The lowest BCUT2D eigenvalue weighted by Crippen LogP contribution is -2.48. The number of ether oxygens (including phenoxy) is 3. The van der Waals surface area contributed by atoms with Crippen molar-refractivity contribution in [3.63, 3.8) is 0 Å². The van der Waals surface area contributed by atoms with Gasteiger partial charge < -0.3 is 19.5 Å². The molecular weight excluding hydrogens is 436 g/mol. The van der Waals surface area contributed by atoms with E-state index in [1.807, 2.05) is 13.8 Å². The maximum absolute atomic E-state index is 12.9. The Labute approximate surface area is 187 Å². The molecule has 0 spiro atoms. The fraction of sp³-hybridized carbons (Fsp3) is 0.364. The van der Waals surface area contributed by atoms with Crippen LogP contribution >= 0.6 is 0 Å². The van der Waals surface area contributed by atoms with Crippen LogP contribution in [0.25, 0.3) is 0 Å². The number of carbonyl (C=O) groups excluding carboxylic acids is 2. The summed E-state index contributed by atoms with van der Waals surface area (Å²) in [4.78, 5) is 24.4. The van der Waals surface area contributed by atoms with Crippen molar-refractivity contribution in [3.8, 4) is 5.75 Å². The third-order valence-electron chi connectivity index (χ3n) is 4.83. The van der Waals surface area contributed by atoms with Gasteiger partial charge in [0, 0.05) is 13.1 Å². The summed E-state index contributed by atoms with van der Waals surface area (Å²) in [6.07, 6.45) is -0.408. The van der Waals surface area contributed by atoms with Crippen molar-refractivity contribution in [2.24, 2.45) is 0 Å². The van der Waals surface area contributed by atoms with Crippen LogP contribution in [0.3, 0.4) is 0 Å². The summed E-state index contributed by atoms with van der Waals surface area (Å²) < 4.78 is 42.9. The van der Waals surface area contributed by atoms with Gasteiger partial charge in [-0.15, -0.1) is 0 Å². The Balaban J connectivity index is 1.59. The number of morpholine rings is 1. The Kier molecular flexibility index (Phi) is 7.49. The number of rotatable bonds is 7. The number of hydrogen-bond acceptors (Lipinski definition) is 7. The van der Waals surface area contributed by atoms with Gasteiger partial charge in [0.25, 0.3) is 5.91 Å². The number of benzene rings is 2. The van der Waals surface area contributed by atoms with E-state index in [9.17, 15) is 18.0 Å². The van der Waals surface area contributed by atoms with E-state index in [4.69, 9.17) is 14.2 Å². The molecule has 1 fully saturated rings.